The Kier molecular flexibility index (Phi) is 4.96. The van der Waals surface area contributed by atoms with Crippen molar-refractivity contribution in [1.29, 1.82) is 0 Å². The number of carbonyl (C=O) groups excluding carboxylic acids is 2. The summed E-state index contributed by atoms with van der Waals surface area (Å²) in [5.41, 5.74) is 1.16. The van der Waals surface area contributed by atoms with E-state index in [1.54, 1.807) is 42.5 Å². The van der Waals surface area contributed by atoms with Crippen LogP contribution in [0.15, 0.2) is 53.4 Å². The first-order chi connectivity index (χ1) is 12.0. The van der Waals surface area contributed by atoms with Gasteiger partial charge in [-0.1, -0.05) is 48.2 Å². The molecule has 0 aromatic heterocycles. The monoisotopic (exact) mass is 373 g/mol. The highest BCUT2D eigenvalue weighted by Gasteiger charge is 2.35. The van der Waals surface area contributed by atoms with Gasteiger partial charge in [-0.05, 0) is 35.9 Å². The fraction of sp³-hybridized carbons (Fsp3) is 0.0556. The molecule has 1 fully saturated rings. The molecule has 25 heavy (non-hydrogen) atoms. The summed E-state index contributed by atoms with van der Waals surface area (Å²) in [6.45, 7) is 0. The van der Waals surface area contributed by atoms with Crippen LogP contribution in [-0.4, -0.2) is 23.3 Å². The van der Waals surface area contributed by atoms with Crippen LogP contribution in [0.4, 0.5) is 10.1 Å². The third kappa shape index (κ3) is 3.47. The molecule has 2 aromatic carbocycles. The standard InChI is InChI=1S/C18H12FNO3S2/c1-23-17(22)13-7-2-3-8-14(13)20-16(21)15(25-18(20)24)10-11-5-4-6-12(19)9-11/h2-10H,1H3/b15-10-. The van der Waals surface area contributed by atoms with Crippen LogP contribution < -0.4 is 4.90 Å². The molecule has 126 valence electrons. The predicted octanol–water partition coefficient (Wildman–Crippen LogP) is 4.02. The third-order valence-corrected chi connectivity index (χ3v) is 4.79. The second-order valence-electron chi connectivity index (χ2n) is 5.08. The molecule has 0 bridgehead atoms. The minimum absolute atomic E-state index is 0.244. The van der Waals surface area contributed by atoms with Gasteiger partial charge in [-0.25, -0.2) is 9.18 Å². The van der Waals surface area contributed by atoms with E-state index in [0.29, 0.717) is 20.5 Å². The highest BCUT2D eigenvalue weighted by molar-refractivity contribution is 8.27. The number of para-hydroxylation sites is 1. The van der Waals surface area contributed by atoms with Crippen LogP contribution in [0.3, 0.4) is 0 Å². The molecule has 2 aromatic rings. The summed E-state index contributed by atoms with van der Waals surface area (Å²) >= 11 is 6.40. The predicted molar refractivity (Wildman–Crippen MR) is 99.8 cm³/mol. The first-order valence-corrected chi connectivity index (χ1v) is 8.44. The van der Waals surface area contributed by atoms with Gasteiger partial charge >= 0.3 is 5.97 Å². The Morgan fingerprint density at radius 2 is 2.00 bits per heavy atom. The van der Waals surface area contributed by atoms with E-state index in [2.05, 4.69) is 0 Å². The van der Waals surface area contributed by atoms with Gasteiger partial charge in [0.05, 0.1) is 23.3 Å². The number of hydrogen-bond donors (Lipinski definition) is 0. The lowest BCUT2D eigenvalue weighted by atomic mass is 10.1. The largest absolute Gasteiger partial charge is 0.465 e. The van der Waals surface area contributed by atoms with Crippen LogP contribution in [0.1, 0.15) is 15.9 Å². The van der Waals surface area contributed by atoms with Crippen LogP contribution >= 0.6 is 24.0 Å². The van der Waals surface area contributed by atoms with Gasteiger partial charge in [0.15, 0.2) is 4.32 Å². The molecule has 0 atom stereocenters. The van der Waals surface area contributed by atoms with Crippen molar-refractivity contribution >= 4 is 51.9 Å². The number of thioether (sulfide) groups is 1. The maximum Gasteiger partial charge on any atom is 0.339 e. The average Bonchev–Trinajstić information content (AvgIpc) is 2.88. The summed E-state index contributed by atoms with van der Waals surface area (Å²) in [6.07, 6.45) is 1.57. The fourth-order valence-electron chi connectivity index (χ4n) is 2.37. The van der Waals surface area contributed by atoms with Gasteiger partial charge in [0, 0.05) is 0 Å². The van der Waals surface area contributed by atoms with Gasteiger partial charge in [-0.3, -0.25) is 9.69 Å². The number of hydrogen-bond acceptors (Lipinski definition) is 5. The number of nitrogens with zero attached hydrogens (tertiary/aromatic N) is 1. The average molecular weight is 373 g/mol. The summed E-state index contributed by atoms with van der Waals surface area (Å²) < 4.78 is 18.4. The number of methoxy groups -OCH3 is 1. The molecule has 4 nitrogen and oxygen atoms in total. The number of ether oxygens (including phenoxy) is 1. The Bertz CT molecular complexity index is 911. The molecule has 0 spiro atoms. The minimum atomic E-state index is -0.557. The number of halogens is 1. The van der Waals surface area contributed by atoms with Gasteiger partial charge < -0.3 is 4.74 Å². The lowest BCUT2D eigenvalue weighted by Crippen LogP contribution is -2.29. The van der Waals surface area contributed by atoms with E-state index < -0.39 is 5.97 Å². The zero-order valence-electron chi connectivity index (χ0n) is 13.1. The van der Waals surface area contributed by atoms with Crippen LogP contribution in [-0.2, 0) is 9.53 Å². The molecule has 0 N–H and O–H groups in total. The third-order valence-electron chi connectivity index (χ3n) is 3.49. The molecule has 1 saturated heterocycles. The highest BCUT2D eigenvalue weighted by atomic mass is 32.2. The highest BCUT2D eigenvalue weighted by Crippen LogP contribution is 2.37. The van der Waals surface area contributed by atoms with Crippen molar-refractivity contribution in [3.8, 4) is 0 Å². The van der Waals surface area contributed by atoms with Crippen molar-refractivity contribution in [2.75, 3.05) is 12.0 Å². The summed E-state index contributed by atoms with van der Waals surface area (Å²) in [5, 5.41) is 0. The Hall–Kier alpha value is -2.51. The molecule has 0 saturated carbocycles. The Morgan fingerprint density at radius 1 is 1.24 bits per heavy atom. The molecule has 7 heteroatoms. The lowest BCUT2D eigenvalue weighted by Gasteiger charge is -2.17. The maximum atomic E-state index is 13.3. The topological polar surface area (TPSA) is 46.6 Å². The first kappa shape index (κ1) is 17.3. The number of amides is 1. The smallest absolute Gasteiger partial charge is 0.339 e. The zero-order valence-corrected chi connectivity index (χ0v) is 14.7. The SMILES string of the molecule is COC(=O)c1ccccc1N1C(=O)/C(=C/c2cccc(F)c2)SC1=S. The molecule has 1 aliphatic rings. The van der Waals surface area contributed by atoms with Gasteiger partial charge in [0.1, 0.15) is 5.82 Å². The molecule has 1 heterocycles. The molecule has 0 aliphatic carbocycles. The molecular formula is C18H12FNO3S2. The second-order valence-corrected chi connectivity index (χ2v) is 6.76. The van der Waals surface area contributed by atoms with E-state index in [4.69, 9.17) is 17.0 Å². The van der Waals surface area contributed by atoms with Gasteiger partial charge in [0.25, 0.3) is 5.91 Å². The Labute approximate surface area is 153 Å². The number of thiocarbonyl (C=S) groups is 1. The number of anilines is 1. The zero-order chi connectivity index (χ0) is 18.0. The first-order valence-electron chi connectivity index (χ1n) is 7.22. The molecule has 0 unspecified atom stereocenters. The normalized spacial score (nSPS) is 15.8. The van der Waals surface area contributed by atoms with E-state index in [1.807, 2.05) is 0 Å². The maximum absolute atomic E-state index is 13.3. The molecule has 1 aliphatic heterocycles. The molecular weight excluding hydrogens is 361 g/mol. The number of rotatable bonds is 3. The van der Waals surface area contributed by atoms with Gasteiger partial charge in [-0.2, -0.15) is 0 Å². The van der Waals surface area contributed by atoms with Crippen molar-refractivity contribution in [1.82, 2.24) is 0 Å². The Morgan fingerprint density at radius 3 is 2.72 bits per heavy atom. The van der Waals surface area contributed by atoms with Gasteiger partial charge in [-0.15, -0.1) is 0 Å². The van der Waals surface area contributed by atoms with Crippen LogP contribution in [0, 0.1) is 5.82 Å². The van der Waals surface area contributed by atoms with E-state index in [9.17, 15) is 14.0 Å². The van der Waals surface area contributed by atoms with Crippen molar-refractivity contribution in [2.24, 2.45) is 0 Å². The second kappa shape index (κ2) is 7.16. The number of esters is 1. The quantitative estimate of drug-likeness (QED) is 0.462. The number of carbonyl (C=O) groups is 2. The number of benzene rings is 2. The lowest BCUT2D eigenvalue weighted by molar-refractivity contribution is -0.113. The summed E-state index contributed by atoms with van der Waals surface area (Å²) in [6, 6.07) is 12.5. The van der Waals surface area contributed by atoms with Gasteiger partial charge in [0.2, 0.25) is 0 Å². The van der Waals surface area contributed by atoms with Crippen LogP contribution in [0.5, 0.6) is 0 Å². The van der Waals surface area contributed by atoms with Crippen LogP contribution in [0.25, 0.3) is 6.08 Å². The fourth-order valence-corrected chi connectivity index (χ4v) is 3.66. The van der Waals surface area contributed by atoms with Crippen molar-refractivity contribution < 1.29 is 18.7 Å². The van der Waals surface area contributed by atoms with Crippen molar-refractivity contribution in [3.63, 3.8) is 0 Å². The molecule has 3 rings (SSSR count). The Balaban J connectivity index is 1.99. The summed E-state index contributed by atoms with van der Waals surface area (Å²) in [4.78, 5) is 26.4. The van der Waals surface area contributed by atoms with Crippen molar-refractivity contribution in [2.45, 2.75) is 0 Å². The van der Waals surface area contributed by atoms with E-state index >= 15 is 0 Å². The summed E-state index contributed by atoms with van der Waals surface area (Å²) in [7, 11) is 1.27. The molecule has 0 radical (unpaired) electrons. The van der Waals surface area contributed by atoms with E-state index in [0.717, 1.165) is 11.8 Å². The summed E-state index contributed by atoms with van der Waals surface area (Å²) in [5.74, 6) is -1.31. The van der Waals surface area contributed by atoms with E-state index in [1.165, 1.54) is 24.1 Å². The minimum Gasteiger partial charge on any atom is -0.465 e. The van der Waals surface area contributed by atoms with Crippen LogP contribution in [0.2, 0.25) is 0 Å². The van der Waals surface area contributed by atoms with Crippen molar-refractivity contribution in [3.05, 3.63) is 70.4 Å². The molecule has 1 amide bonds. The van der Waals surface area contributed by atoms with E-state index in [-0.39, 0.29) is 17.3 Å².